The van der Waals surface area contributed by atoms with Crippen LogP contribution in [0, 0.1) is 13.8 Å². The maximum Gasteiger partial charge on any atom is 0.356 e. The summed E-state index contributed by atoms with van der Waals surface area (Å²) < 4.78 is 1.09. The summed E-state index contributed by atoms with van der Waals surface area (Å²) >= 11 is 0. The monoisotopic (exact) mass is 244 g/mol. The molecule has 0 spiro atoms. The maximum absolute atomic E-state index is 11.7. The number of hydrogen-bond acceptors (Lipinski definition) is 3. The van der Waals surface area contributed by atoms with E-state index >= 15 is 0 Å². The van der Waals surface area contributed by atoms with Gasteiger partial charge in [0.15, 0.2) is 5.69 Å². The van der Waals surface area contributed by atoms with Crippen molar-refractivity contribution in [3.05, 3.63) is 57.5 Å². The van der Waals surface area contributed by atoms with Crippen LogP contribution in [0.4, 0.5) is 0 Å². The Hall–Kier alpha value is -2.43. The van der Waals surface area contributed by atoms with Crippen molar-refractivity contribution in [1.29, 1.82) is 0 Å². The average Bonchev–Trinajstić information content (AvgIpc) is 2.33. The van der Waals surface area contributed by atoms with Gasteiger partial charge in [-0.3, -0.25) is 4.79 Å². The minimum Gasteiger partial charge on any atom is -0.476 e. The number of benzene rings is 1. The summed E-state index contributed by atoms with van der Waals surface area (Å²) in [5, 5.41) is 12.7. The Kier molecular flexibility index (Phi) is 2.97. The molecule has 2 rings (SSSR count). The van der Waals surface area contributed by atoms with Crippen LogP contribution in [0.1, 0.15) is 21.6 Å². The number of aryl methyl sites for hydroxylation is 2. The number of carboxylic acid groups (broad SMARTS) is 1. The van der Waals surface area contributed by atoms with Gasteiger partial charge in [0.1, 0.15) is 0 Å². The molecule has 0 radical (unpaired) electrons. The number of aromatic nitrogens is 2. The predicted octanol–water partition coefficient (Wildman–Crippen LogP) is 1.55. The first-order valence-electron chi connectivity index (χ1n) is 5.40. The molecular formula is C13H12N2O3. The van der Waals surface area contributed by atoms with Gasteiger partial charge in [0, 0.05) is 6.07 Å². The molecule has 0 saturated heterocycles. The van der Waals surface area contributed by atoms with E-state index < -0.39 is 5.97 Å². The fourth-order valence-corrected chi connectivity index (χ4v) is 1.57. The Balaban J connectivity index is 2.62. The highest BCUT2D eigenvalue weighted by Crippen LogP contribution is 2.11. The molecule has 5 nitrogen and oxygen atoms in total. The fourth-order valence-electron chi connectivity index (χ4n) is 1.57. The first-order chi connectivity index (χ1) is 8.49. The van der Waals surface area contributed by atoms with Gasteiger partial charge in [-0.2, -0.15) is 9.78 Å². The van der Waals surface area contributed by atoms with Crippen LogP contribution in [0.25, 0.3) is 5.69 Å². The van der Waals surface area contributed by atoms with Gasteiger partial charge < -0.3 is 5.11 Å². The summed E-state index contributed by atoms with van der Waals surface area (Å²) in [6, 6.07) is 7.80. The Morgan fingerprint density at radius 1 is 1.17 bits per heavy atom. The van der Waals surface area contributed by atoms with Gasteiger partial charge in [-0.05, 0) is 43.2 Å². The van der Waals surface area contributed by atoms with Crippen molar-refractivity contribution in [2.45, 2.75) is 13.8 Å². The third kappa shape index (κ3) is 2.15. The van der Waals surface area contributed by atoms with Crippen molar-refractivity contribution < 1.29 is 9.90 Å². The molecule has 0 atom stereocenters. The Bertz CT molecular complexity index is 674. The van der Waals surface area contributed by atoms with Gasteiger partial charge in [0.05, 0.1) is 5.69 Å². The molecule has 0 aliphatic carbocycles. The SMILES string of the molecule is Cc1ccc(-n2nc(C(=O)O)ccc2=O)cc1C. The Labute approximate surface area is 103 Å². The lowest BCUT2D eigenvalue weighted by atomic mass is 10.1. The molecule has 1 N–H and O–H groups in total. The lowest BCUT2D eigenvalue weighted by molar-refractivity contribution is 0.0688. The van der Waals surface area contributed by atoms with Crippen LogP contribution >= 0.6 is 0 Å². The van der Waals surface area contributed by atoms with Crippen molar-refractivity contribution in [3.8, 4) is 5.69 Å². The highest BCUT2D eigenvalue weighted by atomic mass is 16.4. The fraction of sp³-hybridized carbons (Fsp3) is 0.154. The summed E-state index contributed by atoms with van der Waals surface area (Å²) in [5.74, 6) is -1.16. The van der Waals surface area contributed by atoms with E-state index in [9.17, 15) is 9.59 Å². The van der Waals surface area contributed by atoms with E-state index in [-0.39, 0.29) is 11.3 Å². The topological polar surface area (TPSA) is 72.2 Å². The number of carboxylic acids is 1. The molecule has 0 unspecified atom stereocenters. The van der Waals surface area contributed by atoms with E-state index in [2.05, 4.69) is 5.10 Å². The van der Waals surface area contributed by atoms with Gasteiger partial charge >= 0.3 is 5.97 Å². The van der Waals surface area contributed by atoms with Crippen LogP contribution in [0.5, 0.6) is 0 Å². The van der Waals surface area contributed by atoms with Crippen LogP contribution in [-0.4, -0.2) is 20.9 Å². The first kappa shape index (κ1) is 12.0. The zero-order chi connectivity index (χ0) is 13.3. The van der Waals surface area contributed by atoms with E-state index in [1.165, 1.54) is 12.1 Å². The van der Waals surface area contributed by atoms with E-state index in [4.69, 9.17) is 5.11 Å². The first-order valence-corrected chi connectivity index (χ1v) is 5.40. The predicted molar refractivity (Wildman–Crippen MR) is 66.3 cm³/mol. The van der Waals surface area contributed by atoms with Gasteiger partial charge in [-0.1, -0.05) is 6.07 Å². The zero-order valence-corrected chi connectivity index (χ0v) is 10.0. The van der Waals surface area contributed by atoms with Crippen LogP contribution < -0.4 is 5.56 Å². The van der Waals surface area contributed by atoms with Gasteiger partial charge in [0.2, 0.25) is 0 Å². The van der Waals surface area contributed by atoms with Gasteiger partial charge in [-0.25, -0.2) is 4.79 Å². The molecule has 18 heavy (non-hydrogen) atoms. The number of aromatic carboxylic acids is 1. The van der Waals surface area contributed by atoms with Crippen molar-refractivity contribution in [1.82, 2.24) is 9.78 Å². The number of nitrogens with zero attached hydrogens (tertiary/aromatic N) is 2. The van der Waals surface area contributed by atoms with Crippen molar-refractivity contribution in [2.75, 3.05) is 0 Å². The molecule has 92 valence electrons. The number of hydrogen-bond donors (Lipinski definition) is 1. The average molecular weight is 244 g/mol. The quantitative estimate of drug-likeness (QED) is 0.869. The van der Waals surface area contributed by atoms with E-state index in [0.717, 1.165) is 15.8 Å². The molecule has 0 aliphatic heterocycles. The van der Waals surface area contributed by atoms with Crippen LogP contribution in [0.2, 0.25) is 0 Å². The van der Waals surface area contributed by atoms with Crippen molar-refractivity contribution in [2.24, 2.45) is 0 Å². The molecule has 1 aromatic heterocycles. The smallest absolute Gasteiger partial charge is 0.356 e. The minimum atomic E-state index is -1.16. The molecule has 0 fully saturated rings. The second-order valence-corrected chi connectivity index (χ2v) is 4.04. The van der Waals surface area contributed by atoms with Crippen molar-refractivity contribution in [3.63, 3.8) is 0 Å². The molecule has 0 bridgehead atoms. The summed E-state index contributed by atoms with van der Waals surface area (Å²) in [6.07, 6.45) is 0. The molecule has 5 heteroatoms. The van der Waals surface area contributed by atoms with E-state index in [1.807, 2.05) is 19.9 Å². The highest BCUT2D eigenvalue weighted by molar-refractivity contribution is 5.84. The molecule has 2 aromatic rings. The molecule has 0 aliphatic rings. The largest absolute Gasteiger partial charge is 0.476 e. The lowest BCUT2D eigenvalue weighted by Crippen LogP contribution is -2.22. The van der Waals surface area contributed by atoms with Gasteiger partial charge in [0.25, 0.3) is 5.56 Å². The van der Waals surface area contributed by atoms with Crippen molar-refractivity contribution >= 4 is 5.97 Å². The van der Waals surface area contributed by atoms with Crippen LogP contribution in [-0.2, 0) is 0 Å². The zero-order valence-electron chi connectivity index (χ0n) is 10.0. The standard InChI is InChI=1S/C13H12N2O3/c1-8-3-4-10(7-9(8)2)15-12(16)6-5-11(14-15)13(17)18/h3-7H,1-2H3,(H,17,18). The third-order valence-electron chi connectivity index (χ3n) is 2.75. The minimum absolute atomic E-state index is 0.159. The second-order valence-electron chi connectivity index (χ2n) is 4.04. The van der Waals surface area contributed by atoms with E-state index in [1.54, 1.807) is 12.1 Å². The summed E-state index contributed by atoms with van der Waals surface area (Å²) in [7, 11) is 0. The maximum atomic E-state index is 11.7. The second kappa shape index (κ2) is 4.44. The van der Waals surface area contributed by atoms with E-state index in [0.29, 0.717) is 5.69 Å². The van der Waals surface area contributed by atoms with Crippen LogP contribution in [0.3, 0.4) is 0 Å². The van der Waals surface area contributed by atoms with Crippen LogP contribution in [0.15, 0.2) is 35.1 Å². The number of rotatable bonds is 2. The summed E-state index contributed by atoms with van der Waals surface area (Å²) in [4.78, 5) is 22.5. The highest BCUT2D eigenvalue weighted by Gasteiger charge is 2.09. The molecule has 1 heterocycles. The third-order valence-corrected chi connectivity index (χ3v) is 2.75. The number of carbonyl (C=O) groups is 1. The van der Waals surface area contributed by atoms with Gasteiger partial charge in [-0.15, -0.1) is 0 Å². The summed E-state index contributed by atoms with van der Waals surface area (Å²) in [5.41, 5.74) is 2.16. The summed E-state index contributed by atoms with van der Waals surface area (Å²) in [6.45, 7) is 3.88. The molecular weight excluding hydrogens is 232 g/mol. The normalized spacial score (nSPS) is 10.3. The Morgan fingerprint density at radius 3 is 2.50 bits per heavy atom. The lowest BCUT2D eigenvalue weighted by Gasteiger charge is -2.07. The molecule has 1 aromatic carbocycles. The Morgan fingerprint density at radius 2 is 1.89 bits per heavy atom. The molecule has 0 saturated carbocycles. The molecule has 0 amide bonds.